The lowest BCUT2D eigenvalue weighted by Crippen LogP contribution is -2.40. The molecule has 0 unspecified atom stereocenters. The van der Waals surface area contributed by atoms with Gasteiger partial charge in [0.1, 0.15) is 11.9 Å². The smallest absolute Gasteiger partial charge is 0.250 e. The molecule has 1 aliphatic heterocycles. The molecule has 1 saturated heterocycles. The Morgan fingerprint density at radius 1 is 1.15 bits per heavy atom. The van der Waals surface area contributed by atoms with E-state index in [0.29, 0.717) is 5.56 Å². The molecule has 0 radical (unpaired) electrons. The monoisotopic (exact) mass is 467 g/mol. The Morgan fingerprint density at radius 3 is 2.65 bits per heavy atom. The molecule has 2 aliphatic rings. The van der Waals surface area contributed by atoms with Gasteiger partial charge in [0.15, 0.2) is 11.6 Å². The molecule has 4 heterocycles. The average Bonchev–Trinajstić information content (AvgIpc) is 3.22. The number of nitrogens with one attached hydrogen (secondary N) is 1. The third-order valence-electron chi connectivity index (χ3n) is 7.09. The molecule has 34 heavy (non-hydrogen) atoms. The first kappa shape index (κ1) is 22.8. The maximum atomic E-state index is 14.4. The number of hydrogen-bond acceptors (Lipinski definition) is 7. The van der Waals surface area contributed by atoms with Crippen LogP contribution in [0.25, 0.3) is 10.9 Å². The topological polar surface area (TPSA) is 94.1 Å². The molecule has 0 spiro atoms. The highest BCUT2D eigenvalue weighted by atomic mass is 19.1. The van der Waals surface area contributed by atoms with Crippen LogP contribution in [-0.2, 0) is 0 Å². The van der Waals surface area contributed by atoms with Crippen molar-refractivity contribution >= 4 is 22.5 Å². The predicted octanol–water partition coefficient (Wildman–Crippen LogP) is 4.20. The Hall–Kier alpha value is -2.94. The van der Waals surface area contributed by atoms with Gasteiger partial charge in [-0.15, -0.1) is 0 Å². The molecule has 0 bridgehead atoms. The number of aromatic nitrogens is 4. The van der Waals surface area contributed by atoms with E-state index >= 15 is 0 Å². The van der Waals surface area contributed by atoms with Crippen LogP contribution in [-0.4, -0.2) is 51.5 Å². The Kier molecular flexibility index (Phi) is 6.54. The number of nitrogens with zero attached hydrogens (tertiary/aromatic N) is 5. The zero-order valence-corrected chi connectivity index (χ0v) is 20.0. The van der Waals surface area contributed by atoms with Gasteiger partial charge in [-0.25, -0.2) is 14.4 Å². The average molecular weight is 468 g/mol. The normalized spacial score (nSPS) is 21.7. The quantitative estimate of drug-likeness (QED) is 0.561. The number of ether oxygens (including phenoxy) is 1. The minimum atomic E-state index is -0.364. The number of piperidine rings is 1. The molecule has 3 N–H and O–H groups in total. The fourth-order valence-corrected chi connectivity index (χ4v) is 5.08. The number of halogens is 1. The van der Waals surface area contributed by atoms with Crippen molar-refractivity contribution in [3.8, 4) is 5.88 Å². The summed E-state index contributed by atoms with van der Waals surface area (Å²) >= 11 is 0. The highest BCUT2D eigenvalue weighted by molar-refractivity contribution is 5.91. The van der Waals surface area contributed by atoms with Gasteiger partial charge in [-0.2, -0.15) is 5.10 Å². The van der Waals surface area contributed by atoms with E-state index < -0.39 is 0 Å². The fraction of sp³-hybridized carbons (Fsp3) is 0.560. The van der Waals surface area contributed by atoms with E-state index in [9.17, 15) is 4.39 Å². The number of fused-ring (bicyclic) bond motifs is 1. The summed E-state index contributed by atoms with van der Waals surface area (Å²) < 4.78 is 22.5. The minimum Gasteiger partial charge on any atom is -0.472 e. The van der Waals surface area contributed by atoms with E-state index in [1.54, 1.807) is 19.2 Å². The molecular weight excluding hydrogens is 433 g/mol. The second-order valence-electron chi connectivity index (χ2n) is 9.51. The molecule has 0 aromatic carbocycles. The SMILES string of the molecule is CCNc1cc2c(cn1)c(N1CCC(N)CC1)nn2C1CCC(Oc2nccc(C)c2F)CC1. The lowest BCUT2D eigenvalue weighted by atomic mass is 9.93. The van der Waals surface area contributed by atoms with Crippen molar-refractivity contribution in [1.82, 2.24) is 19.7 Å². The van der Waals surface area contributed by atoms with Crippen molar-refractivity contribution in [3.63, 3.8) is 0 Å². The summed E-state index contributed by atoms with van der Waals surface area (Å²) in [4.78, 5) is 11.1. The Morgan fingerprint density at radius 2 is 1.91 bits per heavy atom. The second kappa shape index (κ2) is 9.74. The molecule has 2 fully saturated rings. The van der Waals surface area contributed by atoms with E-state index in [2.05, 4.69) is 37.9 Å². The van der Waals surface area contributed by atoms with Crippen LogP contribution in [0.3, 0.4) is 0 Å². The van der Waals surface area contributed by atoms with Gasteiger partial charge in [0.25, 0.3) is 5.88 Å². The third kappa shape index (κ3) is 4.53. The number of hydrogen-bond donors (Lipinski definition) is 2. The molecule has 5 rings (SSSR count). The van der Waals surface area contributed by atoms with Crippen molar-refractivity contribution in [3.05, 3.63) is 35.9 Å². The largest absolute Gasteiger partial charge is 0.472 e. The van der Waals surface area contributed by atoms with Crippen molar-refractivity contribution < 1.29 is 9.13 Å². The summed E-state index contributed by atoms with van der Waals surface area (Å²) in [5.74, 6) is 1.61. The first-order valence-electron chi connectivity index (χ1n) is 12.4. The summed E-state index contributed by atoms with van der Waals surface area (Å²) in [6.45, 7) is 6.44. The second-order valence-corrected chi connectivity index (χ2v) is 9.51. The Bertz CT molecular complexity index is 1130. The van der Waals surface area contributed by atoms with Crippen molar-refractivity contribution in [2.45, 2.75) is 70.6 Å². The van der Waals surface area contributed by atoms with E-state index in [1.165, 1.54) is 0 Å². The van der Waals surface area contributed by atoms with Crippen molar-refractivity contribution in [2.75, 3.05) is 29.9 Å². The number of aryl methyl sites for hydroxylation is 1. The van der Waals surface area contributed by atoms with Gasteiger partial charge in [0.2, 0.25) is 0 Å². The van der Waals surface area contributed by atoms with E-state index in [4.69, 9.17) is 15.6 Å². The zero-order valence-electron chi connectivity index (χ0n) is 20.0. The molecular formula is C25H34FN7O. The molecule has 182 valence electrons. The first-order valence-corrected chi connectivity index (χ1v) is 12.4. The molecule has 9 heteroatoms. The minimum absolute atomic E-state index is 0.0380. The lowest BCUT2D eigenvalue weighted by molar-refractivity contribution is 0.120. The molecule has 0 atom stereocenters. The van der Waals surface area contributed by atoms with Gasteiger partial charge in [0.05, 0.1) is 16.9 Å². The van der Waals surface area contributed by atoms with Gasteiger partial charge in [0, 0.05) is 44.1 Å². The number of pyridine rings is 2. The van der Waals surface area contributed by atoms with Crippen LogP contribution in [0.1, 0.15) is 57.1 Å². The van der Waals surface area contributed by atoms with Crippen molar-refractivity contribution in [2.24, 2.45) is 5.73 Å². The van der Waals surface area contributed by atoms with Crippen LogP contribution in [0.4, 0.5) is 16.0 Å². The van der Waals surface area contributed by atoms with Gasteiger partial charge < -0.3 is 20.7 Å². The fourth-order valence-electron chi connectivity index (χ4n) is 5.08. The van der Waals surface area contributed by atoms with Gasteiger partial charge in [-0.3, -0.25) is 4.68 Å². The number of anilines is 2. The summed E-state index contributed by atoms with van der Waals surface area (Å²) in [7, 11) is 0. The standard InChI is InChI=1S/C25H34FN7O/c1-3-28-22-14-21-20(15-30-22)24(32-12-9-17(27)10-13-32)31-33(21)18-4-6-19(7-5-18)34-25-23(26)16(2)8-11-29-25/h8,11,14-15,17-19H,3-7,9-10,12-13,27H2,1-2H3,(H,28,30). The van der Waals surface area contributed by atoms with Gasteiger partial charge in [-0.05, 0) is 64.0 Å². The van der Waals surface area contributed by atoms with Crippen molar-refractivity contribution in [1.29, 1.82) is 0 Å². The Labute approximate surface area is 199 Å². The summed E-state index contributed by atoms with van der Waals surface area (Å²) in [5.41, 5.74) is 7.79. The summed E-state index contributed by atoms with van der Waals surface area (Å²) in [5, 5.41) is 9.53. The van der Waals surface area contributed by atoms with Crippen LogP contribution in [0.15, 0.2) is 24.5 Å². The highest BCUT2D eigenvalue weighted by Crippen LogP contribution is 2.37. The van der Waals surface area contributed by atoms with Gasteiger partial charge >= 0.3 is 0 Å². The predicted molar refractivity (Wildman–Crippen MR) is 132 cm³/mol. The lowest BCUT2D eigenvalue weighted by Gasteiger charge is -2.31. The molecule has 0 amide bonds. The van der Waals surface area contributed by atoms with Crippen LogP contribution in [0.2, 0.25) is 0 Å². The van der Waals surface area contributed by atoms with E-state index in [0.717, 1.165) is 80.7 Å². The van der Waals surface area contributed by atoms with Gasteiger partial charge in [-0.1, -0.05) is 0 Å². The molecule has 3 aromatic heterocycles. The Balaban J connectivity index is 1.37. The van der Waals surface area contributed by atoms with Crippen LogP contribution in [0.5, 0.6) is 5.88 Å². The maximum absolute atomic E-state index is 14.4. The molecule has 1 aliphatic carbocycles. The van der Waals surface area contributed by atoms with Crippen LogP contribution < -0.4 is 20.7 Å². The van der Waals surface area contributed by atoms with Crippen LogP contribution in [0, 0.1) is 12.7 Å². The number of rotatable bonds is 6. The van der Waals surface area contributed by atoms with Crippen LogP contribution >= 0.6 is 0 Å². The first-order chi connectivity index (χ1) is 16.5. The highest BCUT2D eigenvalue weighted by Gasteiger charge is 2.29. The molecule has 3 aromatic rings. The third-order valence-corrected chi connectivity index (χ3v) is 7.09. The summed E-state index contributed by atoms with van der Waals surface area (Å²) in [6, 6.07) is 4.30. The maximum Gasteiger partial charge on any atom is 0.250 e. The zero-order chi connectivity index (χ0) is 23.7. The molecule has 8 nitrogen and oxygen atoms in total. The summed E-state index contributed by atoms with van der Waals surface area (Å²) in [6.07, 6.45) is 8.95. The molecule has 1 saturated carbocycles. The van der Waals surface area contributed by atoms with E-state index in [1.807, 2.05) is 6.20 Å². The number of nitrogens with two attached hydrogens (primary N) is 1. The van der Waals surface area contributed by atoms with E-state index in [-0.39, 0.29) is 29.9 Å².